The number of hydrogen-bond acceptors (Lipinski definition) is 5. The molecular weight excluding hydrogens is 414 g/mol. The molecule has 0 aliphatic heterocycles. The molecule has 1 aliphatic carbocycles. The topological polar surface area (TPSA) is 95.1 Å². The van der Waals surface area contributed by atoms with Gasteiger partial charge in [0.05, 0.1) is 23.3 Å². The Bertz CT molecular complexity index is 1120. The van der Waals surface area contributed by atoms with E-state index in [0.717, 1.165) is 25.7 Å². The Balaban J connectivity index is 1.58. The van der Waals surface area contributed by atoms with Crippen LogP contribution < -0.4 is 14.8 Å². The van der Waals surface area contributed by atoms with Crippen molar-refractivity contribution < 1.29 is 14.3 Å². The number of benzene rings is 3. The van der Waals surface area contributed by atoms with Gasteiger partial charge in [0.1, 0.15) is 23.0 Å². The highest BCUT2D eigenvalue weighted by molar-refractivity contribution is 5.93. The summed E-state index contributed by atoms with van der Waals surface area (Å²) in [6, 6.07) is 23.0. The number of nitrogens with one attached hydrogen (secondary N) is 1. The number of rotatable bonds is 6. The van der Waals surface area contributed by atoms with Crippen LogP contribution in [0.15, 0.2) is 66.7 Å². The summed E-state index contributed by atoms with van der Waals surface area (Å²) in [6.45, 7) is 0. The molecule has 0 radical (unpaired) electrons. The van der Waals surface area contributed by atoms with Gasteiger partial charge in [-0.3, -0.25) is 4.79 Å². The van der Waals surface area contributed by atoms with Crippen LogP contribution in [0.2, 0.25) is 0 Å². The molecule has 0 aromatic heterocycles. The molecule has 1 saturated carbocycles. The fourth-order valence-corrected chi connectivity index (χ4v) is 3.84. The van der Waals surface area contributed by atoms with Crippen molar-refractivity contribution in [3.8, 4) is 35.1 Å². The molecule has 3 aromatic rings. The third kappa shape index (κ3) is 5.90. The summed E-state index contributed by atoms with van der Waals surface area (Å²) in [7, 11) is 0. The van der Waals surface area contributed by atoms with Gasteiger partial charge in [-0.2, -0.15) is 10.5 Å². The largest absolute Gasteiger partial charge is 0.457 e. The number of hydrogen-bond donors (Lipinski definition) is 1. The first-order valence-electron chi connectivity index (χ1n) is 10.9. The van der Waals surface area contributed by atoms with Crippen molar-refractivity contribution in [1.82, 2.24) is 0 Å². The molecule has 0 saturated heterocycles. The summed E-state index contributed by atoms with van der Waals surface area (Å²) in [5.74, 6) is 2.14. The Hall–Kier alpha value is -4.29. The van der Waals surface area contributed by atoms with Crippen LogP contribution in [0.1, 0.15) is 43.2 Å². The van der Waals surface area contributed by atoms with Gasteiger partial charge in [0.25, 0.3) is 0 Å². The third-order valence-electron chi connectivity index (χ3n) is 5.56. The number of nitriles is 2. The smallest absolute Gasteiger partial charge is 0.227 e. The van der Waals surface area contributed by atoms with Crippen LogP contribution in [0.4, 0.5) is 5.69 Å². The van der Waals surface area contributed by atoms with Crippen molar-refractivity contribution in [2.75, 3.05) is 5.32 Å². The Kier molecular flexibility index (Phi) is 6.87. The molecule has 1 fully saturated rings. The maximum absolute atomic E-state index is 12.8. The van der Waals surface area contributed by atoms with Crippen LogP contribution >= 0.6 is 0 Å². The molecule has 6 nitrogen and oxygen atoms in total. The van der Waals surface area contributed by atoms with E-state index in [1.807, 2.05) is 0 Å². The molecule has 3 aromatic carbocycles. The van der Waals surface area contributed by atoms with Crippen molar-refractivity contribution in [2.45, 2.75) is 32.1 Å². The van der Waals surface area contributed by atoms with Crippen molar-refractivity contribution in [3.63, 3.8) is 0 Å². The maximum atomic E-state index is 12.8. The second kappa shape index (κ2) is 10.3. The third-order valence-corrected chi connectivity index (χ3v) is 5.56. The van der Waals surface area contributed by atoms with Gasteiger partial charge in [-0.25, -0.2) is 0 Å². The first-order valence-corrected chi connectivity index (χ1v) is 10.9. The lowest BCUT2D eigenvalue weighted by atomic mass is 9.88. The highest BCUT2D eigenvalue weighted by Gasteiger charge is 2.21. The number of amides is 1. The Morgan fingerprint density at radius 3 is 1.67 bits per heavy atom. The van der Waals surface area contributed by atoms with E-state index < -0.39 is 0 Å². The molecule has 0 spiro atoms. The molecular formula is C27H23N3O3. The Labute approximate surface area is 193 Å². The number of carbonyl (C=O) groups is 1. The van der Waals surface area contributed by atoms with Crippen molar-refractivity contribution in [2.24, 2.45) is 5.92 Å². The molecule has 0 unspecified atom stereocenters. The van der Waals surface area contributed by atoms with E-state index in [1.54, 1.807) is 66.7 Å². The fourth-order valence-electron chi connectivity index (χ4n) is 3.84. The summed E-state index contributed by atoms with van der Waals surface area (Å²) >= 11 is 0. The van der Waals surface area contributed by atoms with Crippen LogP contribution in [-0.2, 0) is 4.79 Å². The first kappa shape index (κ1) is 21.9. The predicted octanol–water partition coefficient (Wildman–Crippen LogP) is 6.53. The van der Waals surface area contributed by atoms with E-state index in [-0.39, 0.29) is 11.8 Å². The number of nitrogens with zero attached hydrogens (tertiary/aromatic N) is 2. The highest BCUT2D eigenvalue weighted by Crippen LogP contribution is 2.33. The van der Waals surface area contributed by atoms with Gasteiger partial charge in [-0.1, -0.05) is 19.3 Å². The lowest BCUT2D eigenvalue weighted by molar-refractivity contribution is -0.120. The van der Waals surface area contributed by atoms with Gasteiger partial charge >= 0.3 is 0 Å². The number of ether oxygens (including phenoxy) is 2. The zero-order chi connectivity index (χ0) is 23.0. The second-order valence-electron chi connectivity index (χ2n) is 7.99. The van der Waals surface area contributed by atoms with Gasteiger partial charge in [-0.15, -0.1) is 0 Å². The van der Waals surface area contributed by atoms with Gasteiger partial charge in [0.2, 0.25) is 5.91 Å². The van der Waals surface area contributed by atoms with Gasteiger partial charge in [0, 0.05) is 29.8 Å². The molecule has 6 heteroatoms. The van der Waals surface area contributed by atoms with Crippen LogP contribution in [-0.4, -0.2) is 5.91 Å². The zero-order valence-corrected chi connectivity index (χ0v) is 18.1. The lowest BCUT2D eigenvalue weighted by Crippen LogP contribution is -2.24. The van der Waals surface area contributed by atoms with Crippen LogP contribution in [0, 0.1) is 28.6 Å². The summed E-state index contributed by atoms with van der Waals surface area (Å²) in [6.07, 6.45) is 5.14. The molecule has 33 heavy (non-hydrogen) atoms. The van der Waals surface area contributed by atoms with Gasteiger partial charge in [-0.05, 0) is 61.4 Å². The minimum atomic E-state index is 0.00884. The maximum Gasteiger partial charge on any atom is 0.227 e. The monoisotopic (exact) mass is 437 g/mol. The van der Waals surface area contributed by atoms with Crippen molar-refractivity contribution in [1.29, 1.82) is 10.5 Å². The lowest BCUT2D eigenvalue weighted by Gasteiger charge is -2.21. The van der Waals surface area contributed by atoms with Gasteiger partial charge < -0.3 is 14.8 Å². The SMILES string of the molecule is N#Cc1ccc(Oc2cc(NC(=O)C3CCCCC3)cc(Oc3ccc(C#N)cc3)c2)cc1. The van der Waals surface area contributed by atoms with E-state index in [2.05, 4.69) is 17.5 Å². The molecule has 164 valence electrons. The highest BCUT2D eigenvalue weighted by atomic mass is 16.5. The van der Waals surface area contributed by atoms with Crippen molar-refractivity contribution in [3.05, 3.63) is 77.9 Å². The molecule has 1 N–H and O–H groups in total. The second-order valence-corrected chi connectivity index (χ2v) is 7.99. The average Bonchev–Trinajstić information content (AvgIpc) is 2.85. The van der Waals surface area contributed by atoms with Crippen molar-refractivity contribution >= 4 is 11.6 Å². The van der Waals surface area contributed by atoms with Crippen LogP contribution in [0.3, 0.4) is 0 Å². The van der Waals surface area contributed by atoms with E-state index in [0.29, 0.717) is 39.8 Å². The number of anilines is 1. The molecule has 4 rings (SSSR count). The van der Waals surface area contributed by atoms with Crippen LogP contribution in [0.5, 0.6) is 23.0 Å². The molecule has 0 bridgehead atoms. The molecule has 1 amide bonds. The average molecular weight is 437 g/mol. The molecule has 0 heterocycles. The summed E-state index contributed by atoms with van der Waals surface area (Å²) in [5.41, 5.74) is 1.67. The summed E-state index contributed by atoms with van der Waals surface area (Å²) in [5, 5.41) is 21.0. The number of carbonyl (C=O) groups excluding carboxylic acids is 1. The van der Waals surface area contributed by atoms with E-state index in [9.17, 15) is 4.79 Å². The molecule has 1 aliphatic rings. The Morgan fingerprint density at radius 1 is 0.727 bits per heavy atom. The van der Waals surface area contributed by atoms with E-state index in [4.69, 9.17) is 20.0 Å². The minimum Gasteiger partial charge on any atom is -0.457 e. The summed E-state index contributed by atoms with van der Waals surface area (Å²) < 4.78 is 12.0. The normalized spacial score (nSPS) is 13.4. The van der Waals surface area contributed by atoms with Crippen LogP contribution in [0.25, 0.3) is 0 Å². The fraction of sp³-hybridized carbons (Fsp3) is 0.222. The minimum absolute atomic E-state index is 0.00884. The Morgan fingerprint density at radius 2 is 1.21 bits per heavy atom. The van der Waals surface area contributed by atoms with E-state index >= 15 is 0 Å². The standard InChI is InChI=1S/C27H23N3O3/c28-17-19-6-10-23(11-7-19)32-25-14-22(30-27(31)21-4-2-1-3-5-21)15-26(16-25)33-24-12-8-20(18-29)9-13-24/h6-16,21H,1-5H2,(H,30,31). The summed E-state index contributed by atoms with van der Waals surface area (Å²) in [4.78, 5) is 12.8. The van der Waals surface area contributed by atoms with E-state index in [1.165, 1.54) is 6.42 Å². The quantitative estimate of drug-likeness (QED) is 0.473. The zero-order valence-electron chi connectivity index (χ0n) is 18.1. The molecule has 0 atom stereocenters. The van der Waals surface area contributed by atoms with Gasteiger partial charge in [0.15, 0.2) is 0 Å². The first-order chi connectivity index (χ1) is 16.1. The predicted molar refractivity (Wildman–Crippen MR) is 124 cm³/mol.